The number of aliphatic hydroxyl groups is 1. The number of hydrogen-bond donors (Lipinski definition) is 2. The van der Waals surface area contributed by atoms with Gasteiger partial charge in [-0.25, -0.2) is 4.98 Å². The molecule has 0 aliphatic carbocycles. The lowest BCUT2D eigenvalue weighted by Crippen LogP contribution is -2.06. The van der Waals surface area contributed by atoms with Crippen molar-refractivity contribution in [1.82, 2.24) is 9.97 Å². The van der Waals surface area contributed by atoms with Gasteiger partial charge in [0.25, 0.3) is 0 Å². The Morgan fingerprint density at radius 2 is 2.33 bits per heavy atom. The second-order valence-electron chi connectivity index (χ2n) is 2.94. The first-order chi connectivity index (χ1) is 7.19. The van der Waals surface area contributed by atoms with Crippen LogP contribution in [0.1, 0.15) is 13.8 Å². The zero-order valence-corrected chi connectivity index (χ0v) is 9.62. The summed E-state index contributed by atoms with van der Waals surface area (Å²) in [5.41, 5.74) is 6.25. The number of aliphatic hydroxyl groups excluding tert-OH is 1. The minimum Gasteiger partial charge on any atom is -0.476 e. The summed E-state index contributed by atoms with van der Waals surface area (Å²) in [5, 5.41) is 9.62. The molecule has 0 aliphatic heterocycles. The molecule has 6 heteroatoms. The summed E-state index contributed by atoms with van der Waals surface area (Å²) in [4.78, 5) is 7.97. The van der Waals surface area contributed by atoms with Crippen LogP contribution in [0.4, 0.5) is 5.69 Å². The maximum Gasteiger partial charge on any atom is 0.241 e. The Bertz CT molecular complexity index is 322. The first-order valence-corrected chi connectivity index (χ1v) is 5.57. The Labute approximate surface area is 93.1 Å². The smallest absolute Gasteiger partial charge is 0.241 e. The second-order valence-corrected chi connectivity index (χ2v) is 4.37. The van der Waals surface area contributed by atoms with Crippen LogP contribution in [0, 0.1) is 0 Å². The number of aromatic nitrogens is 2. The predicted molar refractivity (Wildman–Crippen MR) is 60.0 cm³/mol. The highest BCUT2D eigenvalue weighted by atomic mass is 32.2. The Morgan fingerprint density at radius 3 is 2.93 bits per heavy atom. The van der Waals surface area contributed by atoms with Gasteiger partial charge in [-0.05, 0) is 6.92 Å². The SMILES string of the molecule is CCOc1ncnc(SC(C)CO)c1N. The molecule has 3 N–H and O–H groups in total. The number of nitrogens with two attached hydrogens (primary N) is 1. The van der Waals surface area contributed by atoms with E-state index in [9.17, 15) is 0 Å². The van der Waals surface area contributed by atoms with Crippen molar-refractivity contribution in [3.05, 3.63) is 6.33 Å². The molecule has 1 aromatic heterocycles. The van der Waals surface area contributed by atoms with Crippen LogP contribution < -0.4 is 10.5 Å². The van der Waals surface area contributed by atoms with Crippen molar-refractivity contribution in [2.45, 2.75) is 24.1 Å². The van der Waals surface area contributed by atoms with E-state index in [2.05, 4.69) is 9.97 Å². The number of anilines is 1. The molecule has 84 valence electrons. The van der Waals surface area contributed by atoms with Crippen molar-refractivity contribution in [3.8, 4) is 5.88 Å². The fourth-order valence-corrected chi connectivity index (χ4v) is 1.72. The van der Waals surface area contributed by atoms with Crippen LogP contribution in [0.3, 0.4) is 0 Å². The van der Waals surface area contributed by atoms with E-state index in [1.165, 1.54) is 18.1 Å². The van der Waals surface area contributed by atoms with Crippen molar-refractivity contribution >= 4 is 17.4 Å². The van der Waals surface area contributed by atoms with Crippen LogP contribution in [-0.4, -0.2) is 33.5 Å². The van der Waals surface area contributed by atoms with Gasteiger partial charge in [-0.2, -0.15) is 4.98 Å². The van der Waals surface area contributed by atoms with Gasteiger partial charge in [0.15, 0.2) is 0 Å². The monoisotopic (exact) mass is 229 g/mol. The number of hydrogen-bond acceptors (Lipinski definition) is 6. The molecule has 0 fully saturated rings. The number of nitrogens with zero attached hydrogens (tertiary/aromatic N) is 2. The molecule has 1 rings (SSSR count). The number of rotatable bonds is 5. The van der Waals surface area contributed by atoms with Gasteiger partial charge in [0.2, 0.25) is 5.88 Å². The standard InChI is InChI=1S/C9H15N3O2S/c1-3-14-8-7(10)9(12-5-11-8)15-6(2)4-13/h5-6,13H,3-4,10H2,1-2H3. The van der Waals surface area contributed by atoms with Crippen LogP contribution in [0.25, 0.3) is 0 Å². The van der Waals surface area contributed by atoms with Gasteiger partial charge in [-0.3, -0.25) is 0 Å². The summed E-state index contributed by atoms with van der Waals surface area (Å²) in [7, 11) is 0. The van der Waals surface area contributed by atoms with E-state index >= 15 is 0 Å². The first kappa shape index (κ1) is 12.1. The Hall–Kier alpha value is -1.01. The molecule has 0 bridgehead atoms. The summed E-state index contributed by atoms with van der Waals surface area (Å²) in [5.74, 6) is 0.403. The van der Waals surface area contributed by atoms with Crippen LogP contribution in [0.5, 0.6) is 5.88 Å². The average Bonchev–Trinajstić information content (AvgIpc) is 2.24. The molecule has 0 amide bonds. The quantitative estimate of drug-likeness (QED) is 0.577. The average molecular weight is 229 g/mol. The van der Waals surface area contributed by atoms with Crippen LogP contribution >= 0.6 is 11.8 Å². The van der Waals surface area contributed by atoms with Crippen LogP contribution in [-0.2, 0) is 0 Å². The van der Waals surface area contributed by atoms with E-state index in [0.717, 1.165) is 0 Å². The third-order valence-electron chi connectivity index (χ3n) is 1.66. The highest BCUT2D eigenvalue weighted by molar-refractivity contribution is 8.00. The molecule has 1 atom stereocenters. The van der Waals surface area contributed by atoms with Crippen molar-refractivity contribution in [2.75, 3.05) is 18.9 Å². The van der Waals surface area contributed by atoms with Gasteiger partial charge < -0.3 is 15.6 Å². The van der Waals surface area contributed by atoms with Crippen molar-refractivity contribution in [1.29, 1.82) is 0 Å². The number of nitrogen functional groups attached to an aromatic ring is 1. The number of ether oxygens (including phenoxy) is 1. The van der Waals surface area contributed by atoms with Crippen LogP contribution in [0.15, 0.2) is 11.4 Å². The molecular formula is C9H15N3O2S. The summed E-state index contributed by atoms with van der Waals surface area (Å²) >= 11 is 1.40. The van der Waals surface area contributed by atoms with Crippen LogP contribution in [0.2, 0.25) is 0 Å². The minimum atomic E-state index is 0.0525. The molecule has 0 saturated carbocycles. The van der Waals surface area contributed by atoms with Gasteiger partial charge in [0, 0.05) is 5.25 Å². The molecule has 15 heavy (non-hydrogen) atoms. The molecule has 1 unspecified atom stereocenters. The number of thioether (sulfide) groups is 1. The molecule has 0 spiro atoms. The van der Waals surface area contributed by atoms with Gasteiger partial charge >= 0.3 is 0 Å². The Balaban J connectivity index is 2.84. The van der Waals surface area contributed by atoms with Gasteiger partial charge in [0.05, 0.1) is 13.2 Å². The zero-order valence-electron chi connectivity index (χ0n) is 8.80. The lowest BCUT2D eigenvalue weighted by Gasteiger charge is -2.11. The maximum atomic E-state index is 8.92. The summed E-state index contributed by atoms with van der Waals surface area (Å²) < 4.78 is 5.24. The molecular weight excluding hydrogens is 214 g/mol. The lowest BCUT2D eigenvalue weighted by atomic mass is 10.5. The normalized spacial score (nSPS) is 12.5. The van der Waals surface area contributed by atoms with Crippen molar-refractivity contribution < 1.29 is 9.84 Å². The minimum absolute atomic E-state index is 0.0525. The molecule has 0 aliphatic rings. The fraction of sp³-hybridized carbons (Fsp3) is 0.556. The van der Waals surface area contributed by atoms with E-state index in [-0.39, 0.29) is 11.9 Å². The third kappa shape index (κ3) is 3.24. The summed E-state index contributed by atoms with van der Waals surface area (Å²) in [6.45, 7) is 4.36. The fourth-order valence-electron chi connectivity index (χ4n) is 0.938. The lowest BCUT2D eigenvalue weighted by molar-refractivity contribution is 0.300. The highest BCUT2D eigenvalue weighted by Gasteiger charge is 2.12. The molecule has 5 nitrogen and oxygen atoms in total. The van der Waals surface area contributed by atoms with Crippen molar-refractivity contribution in [2.24, 2.45) is 0 Å². The topological polar surface area (TPSA) is 81.3 Å². The van der Waals surface area contributed by atoms with Gasteiger partial charge in [0.1, 0.15) is 17.0 Å². The molecule has 0 aromatic carbocycles. The summed E-state index contributed by atoms with van der Waals surface area (Å²) in [6, 6.07) is 0. The summed E-state index contributed by atoms with van der Waals surface area (Å²) in [6.07, 6.45) is 1.41. The van der Waals surface area contributed by atoms with E-state index in [1.807, 2.05) is 13.8 Å². The van der Waals surface area contributed by atoms with Crippen molar-refractivity contribution in [3.63, 3.8) is 0 Å². The predicted octanol–water partition coefficient (Wildman–Crippen LogP) is 0.930. The molecule has 1 aromatic rings. The van der Waals surface area contributed by atoms with Gasteiger partial charge in [-0.1, -0.05) is 18.7 Å². The zero-order chi connectivity index (χ0) is 11.3. The van der Waals surface area contributed by atoms with E-state index in [1.54, 1.807) is 0 Å². The largest absolute Gasteiger partial charge is 0.476 e. The Kier molecular flexibility index (Phi) is 4.64. The van der Waals surface area contributed by atoms with E-state index in [4.69, 9.17) is 15.6 Å². The van der Waals surface area contributed by atoms with Gasteiger partial charge in [-0.15, -0.1) is 0 Å². The molecule has 0 radical (unpaired) electrons. The maximum absolute atomic E-state index is 8.92. The van der Waals surface area contributed by atoms with E-state index < -0.39 is 0 Å². The molecule has 1 heterocycles. The molecule has 0 saturated heterocycles. The first-order valence-electron chi connectivity index (χ1n) is 4.69. The second kappa shape index (κ2) is 5.77. The van der Waals surface area contributed by atoms with E-state index in [0.29, 0.717) is 23.2 Å². The third-order valence-corrected chi connectivity index (χ3v) is 2.76. The Morgan fingerprint density at radius 1 is 1.60 bits per heavy atom. The highest BCUT2D eigenvalue weighted by Crippen LogP contribution is 2.30.